The zero-order chi connectivity index (χ0) is 18.2. The van der Waals surface area contributed by atoms with Gasteiger partial charge < -0.3 is 25.0 Å². The third kappa shape index (κ3) is 9.94. The van der Waals surface area contributed by atoms with Gasteiger partial charge in [-0.05, 0) is 32.4 Å². The Labute approximate surface area is 152 Å². The Balaban J connectivity index is 2.29. The molecule has 0 saturated carbocycles. The van der Waals surface area contributed by atoms with Crippen molar-refractivity contribution in [2.75, 3.05) is 64.6 Å². The van der Waals surface area contributed by atoms with Gasteiger partial charge in [-0.2, -0.15) is 0 Å². The fourth-order valence-corrected chi connectivity index (χ4v) is 2.39. The second kappa shape index (κ2) is 14.5. The average Bonchev–Trinajstić information content (AvgIpc) is 2.65. The maximum atomic E-state index is 5.45. The molecule has 6 nitrogen and oxygen atoms in total. The number of hydrogen-bond donors (Lipinski definition) is 2. The highest BCUT2D eigenvalue weighted by Crippen LogP contribution is 2.12. The molecule has 0 bridgehead atoms. The van der Waals surface area contributed by atoms with Gasteiger partial charge in [0.15, 0.2) is 5.96 Å². The van der Waals surface area contributed by atoms with Crippen molar-refractivity contribution in [2.24, 2.45) is 4.99 Å². The molecule has 1 aromatic carbocycles. The van der Waals surface area contributed by atoms with Crippen molar-refractivity contribution in [3.05, 3.63) is 30.3 Å². The van der Waals surface area contributed by atoms with E-state index in [9.17, 15) is 0 Å². The van der Waals surface area contributed by atoms with E-state index >= 15 is 0 Å². The quantitative estimate of drug-likeness (QED) is 0.324. The molecule has 0 amide bonds. The highest BCUT2D eigenvalue weighted by atomic mass is 16.5. The van der Waals surface area contributed by atoms with E-state index in [1.165, 1.54) is 5.69 Å². The molecule has 6 heteroatoms. The van der Waals surface area contributed by atoms with Gasteiger partial charge in [0, 0.05) is 45.5 Å². The van der Waals surface area contributed by atoms with Gasteiger partial charge in [-0.3, -0.25) is 4.99 Å². The van der Waals surface area contributed by atoms with Crippen LogP contribution in [0.15, 0.2) is 35.3 Å². The summed E-state index contributed by atoms with van der Waals surface area (Å²) in [5.41, 5.74) is 1.27. The van der Waals surface area contributed by atoms with Gasteiger partial charge in [0.1, 0.15) is 0 Å². The van der Waals surface area contributed by atoms with E-state index < -0.39 is 0 Å². The molecular weight excluding hydrogens is 316 g/mol. The Morgan fingerprint density at radius 2 is 1.88 bits per heavy atom. The first-order chi connectivity index (χ1) is 12.3. The van der Waals surface area contributed by atoms with Gasteiger partial charge in [0.25, 0.3) is 0 Å². The lowest BCUT2D eigenvalue weighted by Crippen LogP contribution is -2.39. The molecule has 2 N–H and O–H groups in total. The van der Waals surface area contributed by atoms with E-state index in [0.29, 0.717) is 19.8 Å². The molecule has 142 valence electrons. The van der Waals surface area contributed by atoms with Crippen LogP contribution in [-0.4, -0.2) is 65.6 Å². The second-order valence-corrected chi connectivity index (χ2v) is 5.56. The van der Waals surface area contributed by atoms with E-state index in [1.54, 1.807) is 7.11 Å². The van der Waals surface area contributed by atoms with Crippen LogP contribution in [0.25, 0.3) is 0 Å². The fourth-order valence-electron chi connectivity index (χ4n) is 2.39. The smallest absolute Gasteiger partial charge is 0.191 e. The predicted molar refractivity (Wildman–Crippen MR) is 106 cm³/mol. The molecule has 0 aliphatic heterocycles. The van der Waals surface area contributed by atoms with E-state index in [2.05, 4.69) is 64.7 Å². The summed E-state index contributed by atoms with van der Waals surface area (Å²) in [6, 6.07) is 10.5. The number of anilines is 1. The van der Waals surface area contributed by atoms with Gasteiger partial charge in [-0.15, -0.1) is 0 Å². The molecule has 0 aliphatic carbocycles. The molecule has 25 heavy (non-hydrogen) atoms. The van der Waals surface area contributed by atoms with Gasteiger partial charge in [0.2, 0.25) is 0 Å². The van der Waals surface area contributed by atoms with Crippen LogP contribution < -0.4 is 15.5 Å². The Kier molecular flexibility index (Phi) is 12.4. The molecule has 0 aliphatic rings. The molecule has 0 heterocycles. The Morgan fingerprint density at radius 3 is 2.56 bits per heavy atom. The predicted octanol–water partition coefficient (Wildman–Crippen LogP) is 2.12. The molecule has 0 radical (unpaired) electrons. The minimum Gasteiger partial charge on any atom is -0.382 e. The number of rotatable bonds is 13. The lowest BCUT2D eigenvalue weighted by molar-refractivity contribution is 0.0733. The summed E-state index contributed by atoms with van der Waals surface area (Å²) in [5, 5.41) is 6.55. The van der Waals surface area contributed by atoms with Gasteiger partial charge in [-0.1, -0.05) is 18.2 Å². The van der Waals surface area contributed by atoms with Gasteiger partial charge >= 0.3 is 0 Å². The first-order valence-electron chi connectivity index (χ1n) is 9.20. The standard InChI is InChI=1S/C19H34N4O2/c1-4-20-19(22-13-15-25-17-16-24-3)21-12-9-14-23(5-2)18-10-7-6-8-11-18/h6-8,10-11H,4-5,9,12-17H2,1-3H3,(H2,20,21,22). The summed E-state index contributed by atoms with van der Waals surface area (Å²) >= 11 is 0. The molecule has 0 unspecified atom stereocenters. The first-order valence-corrected chi connectivity index (χ1v) is 9.20. The van der Waals surface area contributed by atoms with Crippen LogP contribution in [0.4, 0.5) is 5.69 Å². The minimum atomic E-state index is 0.623. The van der Waals surface area contributed by atoms with Crippen LogP contribution in [0.3, 0.4) is 0 Å². The Hall–Kier alpha value is -1.79. The number of hydrogen-bond acceptors (Lipinski definition) is 4. The summed E-state index contributed by atoms with van der Waals surface area (Å²) in [7, 11) is 1.68. The van der Waals surface area contributed by atoms with Crippen LogP contribution in [0, 0.1) is 0 Å². The highest BCUT2D eigenvalue weighted by molar-refractivity contribution is 5.79. The topological polar surface area (TPSA) is 58.1 Å². The minimum absolute atomic E-state index is 0.623. The van der Waals surface area contributed by atoms with Crippen LogP contribution >= 0.6 is 0 Å². The highest BCUT2D eigenvalue weighted by Gasteiger charge is 2.03. The van der Waals surface area contributed by atoms with E-state index in [0.717, 1.165) is 45.1 Å². The van der Waals surface area contributed by atoms with E-state index in [4.69, 9.17) is 9.47 Å². The number of ether oxygens (including phenoxy) is 2. The van der Waals surface area contributed by atoms with Crippen molar-refractivity contribution in [3.63, 3.8) is 0 Å². The summed E-state index contributed by atoms with van der Waals surface area (Å²) in [5.74, 6) is 0.848. The number of para-hydroxylation sites is 1. The van der Waals surface area contributed by atoms with Gasteiger partial charge in [0.05, 0.1) is 19.8 Å². The van der Waals surface area contributed by atoms with Crippen molar-refractivity contribution in [2.45, 2.75) is 20.3 Å². The number of guanidine groups is 1. The normalized spacial score (nSPS) is 11.4. The zero-order valence-electron chi connectivity index (χ0n) is 16.0. The lowest BCUT2D eigenvalue weighted by atomic mass is 10.2. The summed E-state index contributed by atoms with van der Waals surface area (Å²) in [6.07, 6.45) is 1.02. The molecular formula is C19H34N4O2. The van der Waals surface area contributed by atoms with Crippen LogP contribution in [-0.2, 0) is 9.47 Å². The van der Waals surface area contributed by atoms with Gasteiger partial charge in [-0.25, -0.2) is 0 Å². The number of aliphatic imine (C=N–C) groups is 1. The molecule has 0 saturated heterocycles. The fraction of sp³-hybridized carbons (Fsp3) is 0.632. The second-order valence-electron chi connectivity index (χ2n) is 5.56. The number of methoxy groups -OCH3 is 1. The summed E-state index contributed by atoms with van der Waals surface area (Å²) < 4.78 is 10.4. The number of nitrogens with one attached hydrogen (secondary N) is 2. The molecule has 0 spiro atoms. The van der Waals surface area contributed by atoms with Crippen LogP contribution in [0.1, 0.15) is 20.3 Å². The monoisotopic (exact) mass is 350 g/mol. The van der Waals surface area contributed by atoms with E-state index in [-0.39, 0.29) is 0 Å². The van der Waals surface area contributed by atoms with Crippen molar-refractivity contribution in [1.29, 1.82) is 0 Å². The molecule has 0 fully saturated rings. The number of nitrogens with zero attached hydrogens (tertiary/aromatic N) is 2. The van der Waals surface area contributed by atoms with Crippen molar-refractivity contribution < 1.29 is 9.47 Å². The van der Waals surface area contributed by atoms with E-state index in [1.807, 2.05) is 0 Å². The average molecular weight is 351 g/mol. The van der Waals surface area contributed by atoms with Crippen molar-refractivity contribution in [1.82, 2.24) is 10.6 Å². The molecule has 1 rings (SSSR count). The van der Waals surface area contributed by atoms with Crippen LogP contribution in [0.5, 0.6) is 0 Å². The van der Waals surface area contributed by atoms with Crippen molar-refractivity contribution in [3.8, 4) is 0 Å². The molecule has 1 aromatic rings. The third-order valence-electron chi connectivity index (χ3n) is 3.67. The van der Waals surface area contributed by atoms with Crippen LogP contribution in [0.2, 0.25) is 0 Å². The summed E-state index contributed by atoms with van der Waals surface area (Å²) in [4.78, 5) is 7.01. The first kappa shape index (κ1) is 21.3. The Bertz CT molecular complexity index is 454. The molecule has 0 aromatic heterocycles. The Morgan fingerprint density at radius 1 is 1.08 bits per heavy atom. The maximum absolute atomic E-state index is 5.45. The SMILES string of the molecule is CCNC(=NCCCN(CC)c1ccccc1)NCCOCCOC. The number of benzene rings is 1. The summed E-state index contributed by atoms with van der Waals surface area (Å²) in [6.45, 7) is 10.5. The maximum Gasteiger partial charge on any atom is 0.191 e. The van der Waals surface area contributed by atoms with Crippen molar-refractivity contribution >= 4 is 11.6 Å². The lowest BCUT2D eigenvalue weighted by Gasteiger charge is -2.22. The third-order valence-corrected chi connectivity index (χ3v) is 3.67. The molecule has 0 atom stereocenters. The largest absolute Gasteiger partial charge is 0.382 e. The zero-order valence-corrected chi connectivity index (χ0v) is 16.0.